The largest absolute Gasteiger partial charge is 3.00 e. The van der Waals surface area contributed by atoms with E-state index in [1.807, 2.05) is 0 Å². The third kappa shape index (κ3) is 399. The van der Waals surface area contributed by atoms with Crippen LogP contribution in [-0.2, 0) is 0 Å². The summed E-state index contributed by atoms with van der Waals surface area (Å²) in [7, 11) is 0. The molecule has 9 nitrogen and oxygen atoms in total. The Morgan fingerprint density at radius 1 is 0.385 bits per heavy atom. The molecule has 0 aliphatic rings. The Kier molecular flexibility index (Phi) is 37.4. The molecule has 0 unspecified atom stereocenters. The fraction of sp³-hybridized carbons (Fsp3) is 0. The van der Waals surface area contributed by atoms with Gasteiger partial charge in [0.2, 0.25) is 44.4 Å². The van der Waals surface area contributed by atoms with Crippen LogP contribution < -0.4 is 37.8 Å². The molecule has 0 N–H and O–H groups in total. The van der Waals surface area contributed by atoms with E-state index in [0.717, 1.165) is 0 Å². The van der Waals surface area contributed by atoms with Gasteiger partial charge in [0.05, 0.1) is 0 Å². The molecular formula is Br3HoO9. The van der Waals surface area contributed by atoms with Crippen molar-refractivity contribution in [2.45, 2.75) is 0 Å². The summed E-state index contributed by atoms with van der Waals surface area (Å²) in [6.07, 6.45) is 0. The van der Waals surface area contributed by atoms with Crippen molar-refractivity contribution in [2.24, 2.45) is 0 Å². The maximum Gasteiger partial charge on any atom is 3.00 e. The molecule has 0 radical (unpaired) electrons. The summed E-state index contributed by atoms with van der Waals surface area (Å²) in [5.41, 5.74) is 0. The molecule has 0 rings (SSSR count). The van der Waals surface area contributed by atoms with Crippen LogP contribution in [0, 0.1) is 82.2 Å². The second kappa shape index (κ2) is 19.8. The Balaban J connectivity index is -0.0000000450. The third-order valence-corrected chi connectivity index (χ3v) is 0. The van der Waals surface area contributed by atoms with E-state index in [1.165, 1.54) is 0 Å². The monoisotopic (exact) mass is 546 g/mol. The van der Waals surface area contributed by atoms with Gasteiger partial charge < -0.3 is 37.8 Å². The topological polar surface area (TPSA) is 208 Å². The van der Waals surface area contributed by atoms with Crippen LogP contribution in [0.5, 0.6) is 0 Å². The predicted octanol–water partition coefficient (Wildman–Crippen LogP) is -10.7. The van der Waals surface area contributed by atoms with E-state index in [9.17, 15) is 0 Å². The fourth-order valence-corrected chi connectivity index (χ4v) is 0. The molecule has 0 aromatic heterocycles. The zero-order valence-electron chi connectivity index (χ0n) is 5.11. The van der Waals surface area contributed by atoms with E-state index in [2.05, 4.69) is 0 Å². The summed E-state index contributed by atoms with van der Waals surface area (Å²) < 4.78 is 76.7. The third-order valence-electron chi connectivity index (χ3n) is 0. The van der Waals surface area contributed by atoms with E-state index >= 15 is 0 Å². The van der Waals surface area contributed by atoms with Crippen molar-refractivity contribution in [2.75, 3.05) is 0 Å². The predicted molar refractivity (Wildman–Crippen MR) is 0 cm³/mol. The molecule has 0 aromatic carbocycles. The minimum absolute atomic E-state index is 0. The molecule has 0 amide bonds. The molecule has 13 heavy (non-hydrogen) atoms. The van der Waals surface area contributed by atoms with Gasteiger partial charge in [0.1, 0.15) is 0 Å². The van der Waals surface area contributed by atoms with Crippen molar-refractivity contribution in [3.05, 3.63) is 0 Å². The van der Waals surface area contributed by atoms with Crippen molar-refractivity contribution in [1.82, 2.24) is 0 Å². The summed E-state index contributed by atoms with van der Waals surface area (Å²) in [4.78, 5) is 0. The maximum absolute atomic E-state index is 8.52. The number of hydrogen-bond acceptors (Lipinski definition) is 9. The van der Waals surface area contributed by atoms with Gasteiger partial charge in [-0.1, -0.05) is 0 Å². The van der Waals surface area contributed by atoms with Gasteiger partial charge >= 0.3 is 37.7 Å². The van der Waals surface area contributed by atoms with Crippen molar-refractivity contribution < 1.29 is 120 Å². The second-order valence-electron chi connectivity index (χ2n) is 0.567. The summed E-state index contributed by atoms with van der Waals surface area (Å²) in [6.45, 7) is 0. The zero-order valence-corrected chi connectivity index (χ0v) is 11.8. The molecule has 0 heterocycles. The van der Waals surface area contributed by atoms with Crippen molar-refractivity contribution in [1.29, 1.82) is 0 Å². The SMILES string of the molecule is [Ho+3].[O-][Br+2]([O-])[O-].[O-][Br+2]([O-])[O-].[O-][Br+2]([O-])[O-]. The van der Waals surface area contributed by atoms with Crippen molar-refractivity contribution in [3.8, 4) is 0 Å². The Hall–Kier alpha value is 2.34. The smallest absolute Gasteiger partial charge is 0.405 e. The molecule has 0 fully saturated rings. The quantitative estimate of drug-likeness (QED) is 0.263. The zero-order chi connectivity index (χ0) is 10.7. The Morgan fingerprint density at radius 2 is 0.385 bits per heavy atom. The summed E-state index contributed by atoms with van der Waals surface area (Å²) in [6, 6.07) is 0. The minimum atomic E-state index is -3.65. The summed E-state index contributed by atoms with van der Waals surface area (Å²) >= 11 is -10.9. The van der Waals surface area contributed by atoms with E-state index in [1.54, 1.807) is 0 Å². The average Bonchev–Trinajstić information content (AvgIpc) is 1.54. The van der Waals surface area contributed by atoms with Gasteiger partial charge in [-0.05, 0) is 0 Å². The van der Waals surface area contributed by atoms with Crippen LogP contribution in [0.4, 0.5) is 0 Å². The van der Waals surface area contributed by atoms with Crippen LogP contribution >= 0.6 is 0 Å². The number of rotatable bonds is 0. The van der Waals surface area contributed by atoms with Crippen molar-refractivity contribution in [3.63, 3.8) is 0 Å². The Bertz CT molecular complexity index is 43.4. The van der Waals surface area contributed by atoms with Gasteiger partial charge in [-0.15, -0.1) is 0 Å². The molecular weight excluding hydrogens is 549 g/mol. The maximum atomic E-state index is 8.52. The number of hydrogen-bond donors (Lipinski definition) is 0. The molecule has 0 saturated carbocycles. The molecule has 13 heteroatoms. The van der Waals surface area contributed by atoms with E-state index < -0.39 is 44.4 Å². The van der Waals surface area contributed by atoms with E-state index in [0.29, 0.717) is 0 Å². The van der Waals surface area contributed by atoms with Gasteiger partial charge in [0, 0.05) is 0 Å². The van der Waals surface area contributed by atoms with E-state index in [-0.39, 0.29) is 37.7 Å². The molecule has 0 saturated heterocycles. The van der Waals surface area contributed by atoms with Crippen LogP contribution in [0.15, 0.2) is 0 Å². The minimum Gasteiger partial charge on any atom is -0.405 e. The van der Waals surface area contributed by atoms with Crippen LogP contribution in [0.3, 0.4) is 0 Å². The van der Waals surface area contributed by atoms with Crippen LogP contribution in [0.25, 0.3) is 0 Å². The van der Waals surface area contributed by atoms with Crippen LogP contribution in [0.1, 0.15) is 0 Å². The van der Waals surface area contributed by atoms with Crippen LogP contribution in [-0.4, -0.2) is 0 Å². The molecule has 0 aromatic rings. The normalized spacial score (nSPS) is 8.31. The summed E-state index contributed by atoms with van der Waals surface area (Å²) in [5, 5.41) is 0. The first-order chi connectivity index (χ1) is 5.20. The molecule has 0 bridgehead atoms. The first kappa shape index (κ1) is 24.5. The van der Waals surface area contributed by atoms with Gasteiger partial charge in [-0.2, -0.15) is 0 Å². The first-order valence-corrected chi connectivity index (χ1v) is 7.22. The Labute approximate surface area is 118 Å². The van der Waals surface area contributed by atoms with Crippen molar-refractivity contribution >= 4 is 0 Å². The second-order valence-corrected chi connectivity index (χ2v) is 2.95. The molecule has 0 spiro atoms. The van der Waals surface area contributed by atoms with Gasteiger partial charge in [0.25, 0.3) is 0 Å². The average molecular weight is 549 g/mol. The number of halogens is 3. The molecule has 86 valence electrons. The molecule has 0 aliphatic carbocycles. The first-order valence-electron chi connectivity index (χ1n) is 1.39. The van der Waals surface area contributed by atoms with Gasteiger partial charge in [0.15, 0.2) is 0 Å². The summed E-state index contributed by atoms with van der Waals surface area (Å²) in [5.74, 6) is 0. The van der Waals surface area contributed by atoms with Gasteiger partial charge in [-0.25, -0.2) is 0 Å². The molecule has 0 aliphatic heterocycles. The standard InChI is InChI=1S/3BrO3.Ho/c3*2-1(3)4;/q3*-1;+3. The van der Waals surface area contributed by atoms with Crippen LogP contribution in [0.2, 0.25) is 0 Å². The molecule has 0 atom stereocenters. The van der Waals surface area contributed by atoms with Gasteiger partial charge in [-0.3, -0.25) is 0 Å². The Morgan fingerprint density at radius 3 is 0.385 bits per heavy atom. The van der Waals surface area contributed by atoms with E-state index in [4.69, 9.17) is 37.8 Å². The fourth-order valence-electron chi connectivity index (χ4n) is 0.